The molecule has 11 heavy (non-hydrogen) atoms. The summed E-state index contributed by atoms with van der Waals surface area (Å²) in [6.07, 6.45) is 0. The molecule has 1 rings (SSSR count). The second kappa shape index (κ2) is 3.24. The normalized spacial score (nSPS) is 10.1. The van der Waals surface area contributed by atoms with Gasteiger partial charge in [0, 0.05) is 16.7 Å². The summed E-state index contributed by atoms with van der Waals surface area (Å²) in [6, 6.07) is 3.90. The van der Waals surface area contributed by atoms with Crippen LogP contribution in [0.4, 0.5) is 5.69 Å². The zero-order valence-electron chi connectivity index (χ0n) is 6.39. The van der Waals surface area contributed by atoms with Gasteiger partial charge >= 0.3 is 0 Å². The zero-order chi connectivity index (χ0) is 8.43. The van der Waals surface area contributed by atoms with E-state index in [4.69, 9.17) is 11.5 Å². The van der Waals surface area contributed by atoms with Crippen molar-refractivity contribution in [2.75, 3.05) is 5.73 Å². The van der Waals surface area contributed by atoms with E-state index in [-0.39, 0.29) is 0 Å². The molecule has 0 radical (unpaired) electrons. The molecule has 0 fully saturated rings. The number of nitrogen functional groups attached to an aromatic ring is 1. The summed E-state index contributed by atoms with van der Waals surface area (Å²) in [4.78, 5) is 0. The Hall–Kier alpha value is -0.540. The van der Waals surface area contributed by atoms with E-state index in [1.54, 1.807) is 0 Å². The van der Waals surface area contributed by atoms with E-state index in [1.165, 1.54) is 0 Å². The van der Waals surface area contributed by atoms with Gasteiger partial charge in [0.1, 0.15) is 0 Å². The van der Waals surface area contributed by atoms with Crippen LogP contribution in [-0.4, -0.2) is 0 Å². The second-order valence-corrected chi connectivity index (χ2v) is 3.30. The summed E-state index contributed by atoms with van der Waals surface area (Å²) in [5.41, 5.74) is 14.1. The summed E-state index contributed by atoms with van der Waals surface area (Å²) in [7, 11) is 0. The van der Waals surface area contributed by atoms with Crippen molar-refractivity contribution in [2.45, 2.75) is 13.5 Å². The Morgan fingerprint density at radius 1 is 1.45 bits per heavy atom. The van der Waals surface area contributed by atoms with Gasteiger partial charge in [0.25, 0.3) is 0 Å². The van der Waals surface area contributed by atoms with Crippen LogP contribution in [0.2, 0.25) is 0 Å². The summed E-state index contributed by atoms with van der Waals surface area (Å²) >= 11 is 3.39. The predicted molar refractivity (Wildman–Crippen MR) is 51.2 cm³/mol. The van der Waals surface area contributed by atoms with E-state index in [2.05, 4.69) is 15.9 Å². The topological polar surface area (TPSA) is 52.0 Å². The van der Waals surface area contributed by atoms with Gasteiger partial charge in [-0.3, -0.25) is 0 Å². The van der Waals surface area contributed by atoms with Crippen molar-refractivity contribution in [2.24, 2.45) is 5.73 Å². The third-order valence-corrected chi connectivity index (χ3v) is 2.62. The van der Waals surface area contributed by atoms with Crippen molar-refractivity contribution in [3.63, 3.8) is 0 Å². The Morgan fingerprint density at radius 2 is 2.09 bits per heavy atom. The Kier molecular flexibility index (Phi) is 2.52. The first-order chi connectivity index (χ1) is 5.16. The molecule has 1 aromatic carbocycles. The minimum Gasteiger partial charge on any atom is -0.398 e. The molecule has 0 aromatic heterocycles. The standard InChI is InChI=1S/C8H11BrN2/c1-5-7(9)3-2-6(4-10)8(5)11/h2-3H,4,10-11H2,1H3. The van der Waals surface area contributed by atoms with Crippen LogP contribution in [0.15, 0.2) is 16.6 Å². The van der Waals surface area contributed by atoms with Crippen molar-refractivity contribution in [1.29, 1.82) is 0 Å². The van der Waals surface area contributed by atoms with Crippen LogP contribution in [0.25, 0.3) is 0 Å². The van der Waals surface area contributed by atoms with Crippen LogP contribution in [0, 0.1) is 6.92 Å². The Bertz CT molecular complexity index is 271. The number of nitrogens with two attached hydrogens (primary N) is 2. The molecule has 0 aliphatic heterocycles. The maximum absolute atomic E-state index is 5.78. The fourth-order valence-electron chi connectivity index (χ4n) is 0.936. The van der Waals surface area contributed by atoms with Gasteiger partial charge in [0.2, 0.25) is 0 Å². The summed E-state index contributed by atoms with van der Waals surface area (Å²) in [5.74, 6) is 0. The fourth-order valence-corrected chi connectivity index (χ4v) is 1.28. The molecule has 2 nitrogen and oxygen atoms in total. The molecule has 0 saturated carbocycles. The van der Waals surface area contributed by atoms with Gasteiger partial charge in [-0.1, -0.05) is 22.0 Å². The SMILES string of the molecule is Cc1c(Br)ccc(CN)c1N. The van der Waals surface area contributed by atoms with Gasteiger partial charge in [-0.15, -0.1) is 0 Å². The molecule has 4 N–H and O–H groups in total. The fraction of sp³-hybridized carbons (Fsp3) is 0.250. The first kappa shape index (κ1) is 8.56. The van der Waals surface area contributed by atoms with E-state index < -0.39 is 0 Å². The van der Waals surface area contributed by atoms with Crippen molar-refractivity contribution in [3.8, 4) is 0 Å². The smallest absolute Gasteiger partial charge is 0.0400 e. The highest BCUT2D eigenvalue weighted by molar-refractivity contribution is 9.10. The number of hydrogen-bond donors (Lipinski definition) is 2. The minimum atomic E-state index is 0.500. The number of hydrogen-bond acceptors (Lipinski definition) is 2. The molecule has 0 heterocycles. The van der Waals surface area contributed by atoms with Crippen LogP contribution in [0.3, 0.4) is 0 Å². The first-order valence-electron chi connectivity index (χ1n) is 3.40. The molecule has 0 bridgehead atoms. The molecule has 0 unspecified atom stereocenters. The van der Waals surface area contributed by atoms with Crippen LogP contribution in [0.5, 0.6) is 0 Å². The minimum absolute atomic E-state index is 0.500. The molecule has 1 aromatic rings. The van der Waals surface area contributed by atoms with Crippen LogP contribution in [-0.2, 0) is 6.54 Å². The zero-order valence-corrected chi connectivity index (χ0v) is 7.98. The van der Waals surface area contributed by atoms with Crippen molar-refractivity contribution < 1.29 is 0 Å². The van der Waals surface area contributed by atoms with Gasteiger partial charge in [-0.2, -0.15) is 0 Å². The number of anilines is 1. The highest BCUT2D eigenvalue weighted by Gasteiger charge is 2.02. The van der Waals surface area contributed by atoms with Crippen LogP contribution < -0.4 is 11.5 Å². The molecule has 0 amide bonds. The first-order valence-corrected chi connectivity index (χ1v) is 4.19. The van der Waals surface area contributed by atoms with E-state index in [9.17, 15) is 0 Å². The van der Waals surface area contributed by atoms with Gasteiger partial charge in [-0.25, -0.2) is 0 Å². The largest absolute Gasteiger partial charge is 0.398 e. The number of rotatable bonds is 1. The molecule has 3 heteroatoms. The van der Waals surface area contributed by atoms with E-state index >= 15 is 0 Å². The highest BCUT2D eigenvalue weighted by Crippen LogP contribution is 2.24. The van der Waals surface area contributed by atoms with Gasteiger partial charge in [-0.05, 0) is 24.1 Å². The summed E-state index contributed by atoms with van der Waals surface area (Å²) in [6.45, 7) is 2.47. The highest BCUT2D eigenvalue weighted by atomic mass is 79.9. The van der Waals surface area contributed by atoms with Crippen LogP contribution in [0.1, 0.15) is 11.1 Å². The molecule has 0 aliphatic rings. The average molecular weight is 215 g/mol. The lowest BCUT2D eigenvalue weighted by Gasteiger charge is -2.07. The lowest BCUT2D eigenvalue weighted by atomic mass is 10.1. The van der Waals surface area contributed by atoms with Crippen molar-refractivity contribution in [1.82, 2.24) is 0 Å². The van der Waals surface area contributed by atoms with Crippen LogP contribution >= 0.6 is 15.9 Å². The maximum Gasteiger partial charge on any atom is 0.0400 e. The summed E-state index contributed by atoms with van der Waals surface area (Å²) < 4.78 is 1.03. The van der Waals surface area contributed by atoms with Gasteiger partial charge in [0.05, 0.1) is 0 Å². The molecule has 60 valence electrons. The van der Waals surface area contributed by atoms with E-state index in [0.717, 1.165) is 21.3 Å². The maximum atomic E-state index is 5.78. The molecular formula is C8H11BrN2. The predicted octanol–water partition coefficient (Wildman–Crippen LogP) is 1.80. The Balaban J connectivity index is 3.25. The molecule has 0 atom stereocenters. The molecular weight excluding hydrogens is 204 g/mol. The van der Waals surface area contributed by atoms with Crippen molar-refractivity contribution in [3.05, 3.63) is 27.7 Å². The molecule has 0 spiro atoms. The second-order valence-electron chi connectivity index (χ2n) is 2.45. The molecule has 0 saturated heterocycles. The van der Waals surface area contributed by atoms with Gasteiger partial charge in [0.15, 0.2) is 0 Å². The quantitative estimate of drug-likeness (QED) is 0.701. The van der Waals surface area contributed by atoms with E-state index in [1.807, 2.05) is 19.1 Å². The number of benzene rings is 1. The Morgan fingerprint density at radius 3 is 2.64 bits per heavy atom. The van der Waals surface area contributed by atoms with E-state index in [0.29, 0.717) is 6.54 Å². The average Bonchev–Trinajstić information content (AvgIpc) is 2.01. The lowest BCUT2D eigenvalue weighted by molar-refractivity contribution is 1.07. The third-order valence-electron chi connectivity index (χ3n) is 1.76. The molecule has 0 aliphatic carbocycles. The third kappa shape index (κ3) is 1.54. The van der Waals surface area contributed by atoms with Crippen molar-refractivity contribution >= 4 is 21.6 Å². The van der Waals surface area contributed by atoms with Gasteiger partial charge < -0.3 is 11.5 Å². The number of halogens is 1. The monoisotopic (exact) mass is 214 g/mol. The Labute approximate surface area is 74.7 Å². The lowest BCUT2D eigenvalue weighted by Crippen LogP contribution is -2.03. The summed E-state index contributed by atoms with van der Waals surface area (Å²) in [5, 5.41) is 0.